The summed E-state index contributed by atoms with van der Waals surface area (Å²) >= 11 is 6.17. The molecule has 0 saturated heterocycles. The van der Waals surface area contributed by atoms with Crippen LogP contribution in [0.4, 0.5) is 26.3 Å². The van der Waals surface area contributed by atoms with Gasteiger partial charge in [-0.15, -0.1) is 0 Å². The second-order valence-electron chi connectivity index (χ2n) is 39.5. The molecule has 1 unspecified atom stereocenters. The Hall–Kier alpha value is -13.7. The van der Waals surface area contributed by atoms with Gasteiger partial charge in [-0.3, -0.25) is 4.79 Å². The van der Waals surface area contributed by atoms with Gasteiger partial charge in [0.15, 0.2) is 0 Å². The Balaban J connectivity index is 0.000000182. The minimum Gasteiger partial charge on any atom is -0.389 e. The molecule has 1 atom stereocenters. The van der Waals surface area contributed by atoms with Crippen LogP contribution in [0.25, 0.3) is 89.0 Å². The van der Waals surface area contributed by atoms with E-state index in [0.29, 0.717) is 75.2 Å². The molecular weight excluding hydrogens is 1790 g/mol. The molecule has 740 valence electrons. The van der Waals surface area contributed by atoms with Gasteiger partial charge in [-0.2, -0.15) is 18.4 Å². The molecule has 0 fully saturated rings. The fourth-order valence-electron chi connectivity index (χ4n) is 15.9. The van der Waals surface area contributed by atoms with Crippen molar-refractivity contribution >= 4 is 17.5 Å². The lowest BCUT2D eigenvalue weighted by Crippen LogP contribution is -2.12. The van der Waals surface area contributed by atoms with Crippen molar-refractivity contribution in [2.75, 3.05) is 0 Å². The summed E-state index contributed by atoms with van der Waals surface area (Å²) in [5.74, 6) is 2.95. The summed E-state index contributed by atoms with van der Waals surface area (Å²) in [4.78, 5) is 11.6. The highest BCUT2D eigenvalue weighted by molar-refractivity contribution is 6.31. The molecular formula is C132H141ClF6N2O2. The maximum Gasteiger partial charge on any atom is 0.416 e. The first-order valence-corrected chi connectivity index (χ1v) is 49.9. The number of hydrogen-bond acceptors (Lipinski definition) is 3. The van der Waals surface area contributed by atoms with Gasteiger partial charge in [0.25, 0.3) is 0 Å². The highest BCUT2D eigenvalue weighted by atomic mass is 35.5. The largest absolute Gasteiger partial charge is 0.416 e. The van der Waals surface area contributed by atoms with Crippen LogP contribution < -0.4 is 5.73 Å². The summed E-state index contributed by atoms with van der Waals surface area (Å²) in [7, 11) is 0. The van der Waals surface area contributed by atoms with Crippen molar-refractivity contribution < 1.29 is 36.2 Å². The zero-order valence-corrected chi connectivity index (χ0v) is 88.4. The highest BCUT2D eigenvalue weighted by Crippen LogP contribution is 2.39. The van der Waals surface area contributed by atoms with E-state index in [9.17, 15) is 41.5 Å². The predicted molar refractivity (Wildman–Crippen MR) is 595 cm³/mol. The monoisotopic (exact) mass is 1940 g/mol. The van der Waals surface area contributed by atoms with Crippen molar-refractivity contribution in [1.29, 1.82) is 5.26 Å². The van der Waals surface area contributed by atoms with Gasteiger partial charge in [-0.05, 0) is 307 Å². The van der Waals surface area contributed by atoms with Crippen LogP contribution >= 0.6 is 11.6 Å². The molecule has 0 saturated carbocycles. The topological polar surface area (TPSA) is 87.1 Å². The van der Waals surface area contributed by atoms with Crippen molar-refractivity contribution in [3.63, 3.8) is 0 Å². The lowest BCUT2D eigenvalue weighted by atomic mass is 9.93. The van der Waals surface area contributed by atoms with Crippen LogP contribution in [0.15, 0.2) is 346 Å². The first-order chi connectivity index (χ1) is 67.8. The molecule has 16 aromatic carbocycles. The summed E-state index contributed by atoms with van der Waals surface area (Å²) < 4.78 is 80.1. The molecule has 1 amide bonds. The first-order valence-electron chi connectivity index (χ1n) is 49.5. The van der Waals surface area contributed by atoms with E-state index in [-0.39, 0.29) is 28.9 Å². The van der Waals surface area contributed by atoms with Crippen molar-refractivity contribution in [3.8, 4) is 95.1 Å². The zero-order valence-electron chi connectivity index (χ0n) is 87.6. The molecule has 4 nitrogen and oxygen atoms in total. The number of nitriles is 1. The summed E-state index contributed by atoms with van der Waals surface area (Å²) in [5.41, 5.74) is 39.3. The number of alkyl halides is 3. The molecule has 0 spiro atoms. The average molecular weight is 1940 g/mol. The fourth-order valence-corrected chi connectivity index (χ4v) is 16.1. The summed E-state index contributed by atoms with van der Waals surface area (Å²) in [6, 6.07) is 115. The zero-order chi connectivity index (χ0) is 105. The van der Waals surface area contributed by atoms with Gasteiger partial charge in [-0.25, -0.2) is 13.2 Å². The van der Waals surface area contributed by atoms with Crippen molar-refractivity contribution in [2.24, 2.45) is 5.73 Å². The molecule has 0 heterocycles. The molecule has 0 aliphatic heterocycles. The van der Waals surface area contributed by atoms with E-state index >= 15 is 0 Å². The Morgan fingerprint density at radius 2 is 0.587 bits per heavy atom. The molecule has 143 heavy (non-hydrogen) atoms. The normalized spacial score (nSPS) is 11.2. The number of carbonyl (C=O) groups is 1. The average Bonchev–Trinajstić information content (AvgIpc) is 0.827. The Bertz CT molecular complexity index is 6830. The third kappa shape index (κ3) is 33.5. The van der Waals surface area contributed by atoms with Crippen LogP contribution in [-0.2, 0) is 6.18 Å². The quantitative estimate of drug-likeness (QED) is 0.0839. The first kappa shape index (κ1) is 113. The number of hydrogen-bond donors (Lipinski definition) is 2. The second kappa shape index (κ2) is 53.4. The maximum atomic E-state index is 13.9. The SMILES string of the molecule is CC(C)c1cccc(-c2ccc(C(C)O)cc2)c1.Cc1ccc(-c2cc(C(C)C)ccc2F)cc1.Cc1ccc(-c2cccc(C(C)C)c2)c(C#N)c1.Cc1ccc(-c2cccc(C(C)C)c2)c(C(N)=O)c1.Cc1ccc(-c2cccc(C(C)C)c2)c(F)c1.Cc1ccc(-c2cccc(C(C)C)c2)cc1C(F)(F)F.Cc1ccc(-c2cccc(C(C)C)c2)cc1Cl.Cc1ccc(-c2cccc(C(C)C)c2)cc1F. The molecule has 16 rings (SSSR count). The minimum absolute atomic E-state index is 0.141. The van der Waals surface area contributed by atoms with Gasteiger partial charge in [0.2, 0.25) is 5.91 Å². The fraction of sp³-hybridized carbons (Fsp3) is 0.258. The number of aryl methyl sites for hydroxylation is 7. The Labute approximate surface area is 853 Å². The van der Waals surface area contributed by atoms with Crippen LogP contribution in [0, 0.1) is 77.2 Å². The van der Waals surface area contributed by atoms with Gasteiger partial charge >= 0.3 is 6.18 Å². The number of nitrogens with zero attached hydrogens (tertiary/aromatic N) is 1. The highest BCUT2D eigenvalue weighted by Gasteiger charge is 2.33. The van der Waals surface area contributed by atoms with Crippen LogP contribution in [-0.4, -0.2) is 11.0 Å². The second-order valence-corrected chi connectivity index (χ2v) is 39.9. The Morgan fingerprint density at radius 3 is 0.972 bits per heavy atom. The van der Waals surface area contributed by atoms with E-state index < -0.39 is 17.8 Å². The molecule has 0 aliphatic carbocycles. The lowest BCUT2D eigenvalue weighted by Gasteiger charge is -2.13. The standard InChI is InChI=1S/C17H17F3.C17H19NO.C17H17N.C17H20O.C16H17Cl.3C16H17F/c1-11(2)13-5-4-6-14(9-13)15-8-7-12(3)16(10-15)17(18,19)20;1-11(2)13-5-4-6-14(10-13)15-8-7-12(3)9-16(15)17(18)19;1-12(2)14-5-4-6-15(10-14)17-8-7-13(3)9-16(17)11-18;1-12(2)16-5-4-6-17(11-16)15-9-7-14(8-10-15)13(3)18;1-11(2)13-5-4-6-14(9-13)15-8-7-12(3)16(17)10-15;1-11(2)14-8-9-16(17)15(10-14)13-6-4-12(3)5-7-13;1-11(2)13-5-4-6-14(9-13)15-8-7-12(3)16(17)10-15;1-11(2)13-5-4-6-14(10-13)15-8-7-12(3)9-16(15)17/h4-11H,1-3H3;4-11H,1-3H3,(H2,18,19);4-10,12H,1-3H3;4-13,18H,1-3H3;4*4-11H,1-3H3. The lowest BCUT2D eigenvalue weighted by molar-refractivity contribution is -0.138. The smallest absolute Gasteiger partial charge is 0.389 e. The predicted octanol–water partition coefficient (Wildman–Crippen LogP) is 39.1. The van der Waals surface area contributed by atoms with E-state index in [1.54, 1.807) is 38.1 Å². The van der Waals surface area contributed by atoms with Gasteiger partial charge in [0.05, 0.1) is 23.3 Å². The van der Waals surface area contributed by atoms with Crippen LogP contribution in [0.5, 0.6) is 0 Å². The molecule has 16 aromatic rings. The van der Waals surface area contributed by atoms with Crippen molar-refractivity contribution in [1.82, 2.24) is 0 Å². The molecule has 3 N–H and O–H groups in total. The van der Waals surface area contributed by atoms with Crippen molar-refractivity contribution in [2.45, 2.75) is 226 Å². The van der Waals surface area contributed by atoms with E-state index in [1.165, 1.54) is 85.8 Å². The van der Waals surface area contributed by atoms with Gasteiger partial charge < -0.3 is 10.8 Å². The number of aliphatic hydroxyl groups excluding tert-OH is 1. The molecule has 0 radical (unpaired) electrons. The van der Waals surface area contributed by atoms with Crippen LogP contribution in [0.1, 0.15) is 282 Å². The summed E-state index contributed by atoms with van der Waals surface area (Å²) in [6.45, 7) is 49.4. The van der Waals surface area contributed by atoms with E-state index in [0.717, 1.165) is 94.0 Å². The number of benzene rings is 16. The Kier molecular flexibility index (Phi) is 42.2. The van der Waals surface area contributed by atoms with E-state index in [1.807, 2.05) is 204 Å². The number of rotatable bonds is 18. The van der Waals surface area contributed by atoms with Crippen molar-refractivity contribution in [3.05, 3.63) is 474 Å². The summed E-state index contributed by atoms with van der Waals surface area (Å²) in [6.07, 6.45) is -4.71. The van der Waals surface area contributed by atoms with Gasteiger partial charge in [-0.1, -0.05) is 431 Å². The summed E-state index contributed by atoms with van der Waals surface area (Å²) in [5, 5.41) is 19.6. The van der Waals surface area contributed by atoms with Gasteiger partial charge in [0.1, 0.15) is 17.5 Å². The molecule has 0 bridgehead atoms. The van der Waals surface area contributed by atoms with E-state index in [2.05, 4.69) is 256 Å². The number of primary amides is 1. The number of aliphatic hydroxyl groups is 1. The van der Waals surface area contributed by atoms with Crippen LogP contribution in [0.2, 0.25) is 5.02 Å². The Morgan fingerprint density at radius 1 is 0.280 bits per heavy atom. The molecule has 11 heteroatoms. The number of nitrogens with two attached hydrogens (primary N) is 1. The van der Waals surface area contributed by atoms with Gasteiger partial charge in [0, 0.05) is 21.7 Å². The number of halogens is 7. The van der Waals surface area contributed by atoms with Crippen LogP contribution in [0.3, 0.4) is 0 Å². The maximum absolute atomic E-state index is 13.9. The third-order valence-electron chi connectivity index (χ3n) is 25.3. The number of carbonyl (C=O) groups excluding carboxylic acids is 1. The third-order valence-corrected chi connectivity index (χ3v) is 25.7. The molecule has 0 aliphatic rings. The number of amides is 1. The van der Waals surface area contributed by atoms with E-state index in [4.69, 9.17) is 17.3 Å². The molecule has 0 aromatic heterocycles. The minimum atomic E-state index is -4.31.